The van der Waals surface area contributed by atoms with Crippen LogP contribution in [0, 0.1) is 5.92 Å². The van der Waals surface area contributed by atoms with Gasteiger partial charge in [-0.3, -0.25) is 4.79 Å². The molecule has 3 amide bonds. The van der Waals surface area contributed by atoms with Crippen LogP contribution in [0.2, 0.25) is 0 Å². The lowest BCUT2D eigenvalue weighted by molar-refractivity contribution is -0.126. The van der Waals surface area contributed by atoms with E-state index in [1.54, 1.807) is 4.90 Å². The van der Waals surface area contributed by atoms with E-state index in [0.717, 1.165) is 31.6 Å². The summed E-state index contributed by atoms with van der Waals surface area (Å²) >= 11 is 0. The first-order valence-corrected chi connectivity index (χ1v) is 9.67. The van der Waals surface area contributed by atoms with Crippen molar-refractivity contribution in [3.63, 3.8) is 0 Å². The second-order valence-corrected chi connectivity index (χ2v) is 6.67. The van der Waals surface area contributed by atoms with Crippen molar-refractivity contribution in [1.82, 2.24) is 10.2 Å². The van der Waals surface area contributed by atoms with Gasteiger partial charge in [-0.2, -0.15) is 0 Å². The number of amides is 3. The number of likely N-dealkylation sites (tertiary alicyclic amines) is 1. The second kappa shape index (κ2) is 11.5. The number of rotatable bonds is 9. The highest BCUT2D eigenvalue weighted by atomic mass is 16.5. The zero-order valence-corrected chi connectivity index (χ0v) is 15.7. The van der Waals surface area contributed by atoms with Gasteiger partial charge in [0.2, 0.25) is 5.91 Å². The molecule has 2 rings (SSSR count). The van der Waals surface area contributed by atoms with E-state index in [0.29, 0.717) is 39.1 Å². The molecular formula is C20H31N3O3. The minimum atomic E-state index is -0.0979. The van der Waals surface area contributed by atoms with Crippen LogP contribution in [-0.2, 0) is 9.53 Å². The van der Waals surface area contributed by atoms with E-state index in [4.69, 9.17) is 4.74 Å². The fourth-order valence-electron chi connectivity index (χ4n) is 2.95. The quantitative estimate of drug-likeness (QED) is 0.663. The Morgan fingerprint density at radius 3 is 2.50 bits per heavy atom. The highest BCUT2D eigenvalue weighted by molar-refractivity contribution is 5.89. The van der Waals surface area contributed by atoms with Crippen molar-refractivity contribution in [2.45, 2.75) is 39.0 Å². The molecule has 0 atom stereocenters. The van der Waals surface area contributed by atoms with Crippen molar-refractivity contribution in [1.29, 1.82) is 0 Å². The predicted molar refractivity (Wildman–Crippen MR) is 103 cm³/mol. The van der Waals surface area contributed by atoms with E-state index in [1.165, 1.54) is 0 Å². The molecule has 6 heteroatoms. The van der Waals surface area contributed by atoms with Gasteiger partial charge in [-0.05, 0) is 37.8 Å². The van der Waals surface area contributed by atoms with Crippen LogP contribution in [0.1, 0.15) is 39.0 Å². The number of unbranched alkanes of at least 4 members (excludes halogenated alkanes) is 1. The number of anilines is 1. The highest BCUT2D eigenvalue weighted by Gasteiger charge is 2.27. The summed E-state index contributed by atoms with van der Waals surface area (Å²) in [7, 11) is 0. The normalized spacial score (nSPS) is 14.9. The van der Waals surface area contributed by atoms with Crippen LogP contribution in [-0.4, -0.2) is 49.7 Å². The number of piperidine rings is 1. The molecule has 1 aromatic carbocycles. The fourth-order valence-corrected chi connectivity index (χ4v) is 2.95. The standard InChI is InChI=1S/C20H31N3O3/c1-2-3-15-26-16-7-12-21-19(24)17-10-13-23(14-11-17)20(25)22-18-8-5-4-6-9-18/h4-6,8-9,17H,2-3,7,10-16H2,1H3,(H,21,24)(H,22,25). The average molecular weight is 361 g/mol. The van der Waals surface area contributed by atoms with Gasteiger partial charge >= 0.3 is 6.03 Å². The molecule has 1 fully saturated rings. The molecule has 0 saturated carbocycles. The first kappa shape index (κ1) is 20.2. The maximum atomic E-state index is 12.3. The van der Waals surface area contributed by atoms with Crippen LogP contribution >= 0.6 is 0 Å². The highest BCUT2D eigenvalue weighted by Crippen LogP contribution is 2.18. The molecule has 0 aromatic heterocycles. The molecule has 0 radical (unpaired) electrons. The van der Waals surface area contributed by atoms with Gasteiger partial charge in [0.1, 0.15) is 0 Å². The lowest BCUT2D eigenvalue weighted by Crippen LogP contribution is -2.44. The molecule has 1 aliphatic rings. The Labute approximate surface area is 156 Å². The van der Waals surface area contributed by atoms with Crippen molar-refractivity contribution < 1.29 is 14.3 Å². The summed E-state index contributed by atoms with van der Waals surface area (Å²) in [6.07, 6.45) is 4.48. The topological polar surface area (TPSA) is 70.7 Å². The number of nitrogens with one attached hydrogen (secondary N) is 2. The number of carbonyl (C=O) groups is 2. The monoisotopic (exact) mass is 361 g/mol. The number of hydrogen-bond acceptors (Lipinski definition) is 3. The zero-order valence-electron chi connectivity index (χ0n) is 15.7. The van der Waals surface area contributed by atoms with Crippen molar-refractivity contribution in [2.24, 2.45) is 5.92 Å². The smallest absolute Gasteiger partial charge is 0.321 e. The molecule has 2 N–H and O–H groups in total. The number of para-hydroxylation sites is 1. The molecule has 144 valence electrons. The van der Waals surface area contributed by atoms with Crippen molar-refractivity contribution in [3.8, 4) is 0 Å². The third-order valence-electron chi connectivity index (χ3n) is 4.58. The van der Waals surface area contributed by atoms with Crippen LogP contribution in [0.3, 0.4) is 0 Å². The molecular weight excluding hydrogens is 330 g/mol. The summed E-state index contributed by atoms with van der Waals surface area (Å²) in [6.45, 7) is 5.50. The number of carbonyl (C=O) groups excluding carboxylic acids is 2. The Morgan fingerprint density at radius 2 is 1.81 bits per heavy atom. The molecule has 0 aliphatic carbocycles. The number of urea groups is 1. The van der Waals surface area contributed by atoms with E-state index in [9.17, 15) is 9.59 Å². The zero-order chi connectivity index (χ0) is 18.6. The van der Waals surface area contributed by atoms with Crippen LogP contribution < -0.4 is 10.6 Å². The molecule has 0 spiro atoms. The van der Waals surface area contributed by atoms with Gasteiger partial charge in [-0.25, -0.2) is 4.79 Å². The summed E-state index contributed by atoms with van der Waals surface area (Å²) in [5.74, 6) is 0.0958. The Bertz CT molecular complexity index is 542. The van der Waals surface area contributed by atoms with Crippen molar-refractivity contribution in [2.75, 3.05) is 38.2 Å². The van der Waals surface area contributed by atoms with Crippen LogP contribution in [0.5, 0.6) is 0 Å². The SMILES string of the molecule is CCCCOCCCNC(=O)C1CCN(C(=O)Nc2ccccc2)CC1. The largest absolute Gasteiger partial charge is 0.381 e. The first-order valence-electron chi connectivity index (χ1n) is 9.67. The van der Waals surface area contributed by atoms with Crippen LogP contribution in [0.4, 0.5) is 10.5 Å². The van der Waals surface area contributed by atoms with E-state index in [2.05, 4.69) is 17.6 Å². The van der Waals surface area contributed by atoms with Gasteiger partial charge in [-0.1, -0.05) is 31.5 Å². The van der Waals surface area contributed by atoms with Gasteiger partial charge < -0.3 is 20.3 Å². The summed E-state index contributed by atoms with van der Waals surface area (Å²) in [4.78, 5) is 26.3. The van der Waals surface area contributed by atoms with Crippen molar-refractivity contribution >= 4 is 17.6 Å². The lowest BCUT2D eigenvalue weighted by atomic mass is 9.96. The van der Waals surface area contributed by atoms with E-state index in [1.807, 2.05) is 30.3 Å². The van der Waals surface area contributed by atoms with E-state index in [-0.39, 0.29) is 17.9 Å². The molecule has 1 saturated heterocycles. The summed E-state index contributed by atoms with van der Waals surface area (Å²) in [5.41, 5.74) is 0.790. The molecule has 6 nitrogen and oxygen atoms in total. The molecule has 1 aliphatic heterocycles. The third kappa shape index (κ3) is 7.04. The summed E-state index contributed by atoms with van der Waals surface area (Å²) in [6, 6.07) is 9.33. The van der Waals surface area contributed by atoms with E-state index < -0.39 is 0 Å². The van der Waals surface area contributed by atoms with Crippen molar-refractivity contribution in [3.05, 3.63) is 30.3 Å². The van der Waals surface area contributed by atoms with Gasteiger partial charge in [0.25, 0.3) is 0 Å². The predicted octanol–water partition coefficient (Wildman–Crippen LogP) is 3.25. The van der Waals surface area contributed by atoms with Gasteiger partial charge in [0.05, 0.1) is 0 Å². The van der Waals surface area contributed by atoms with Gasteiger partial charge in [-0.15, -0.1) is 0 Å². The Morgan fingerprint density at radius 1 is 1.12 bits per heavy atom. The van der Waals surface area contributed by atoms with Crippen LogP contribution in [0.25, 0.3) is 0 Å². The second-order valence-electron chi connectivity index (χ2n) is 6.67. The average Bonchev–Trinajstić information content (AvgIpc) is 2.68. The van der Waals surface area contributed by atoms with Gasteiger partial charge in [0.15, 0.2) is 0 Å². The maximum Gasteiger partial charge on any atom is 0.321 e. The van der Waals surface area contributed by atoms with Crippen LogP contribution in [0.15, 0.2) is 30.3 Å². The summed E-state index contributed by atoms with van der Waals surface area (Å²) in [5, 5.41) is 5.88. The Kier molecular flexibility index (Phi) is 8.96. The summed E-state index contributed by atoms with van der Waals surface area (Å²) < 4.78 is 5.49. The maximum absolute atomic E-state index is 12.3. The Hall–Kier alpha value is -2.08. The Balaban J connectivity index is 1.60. The number of benzene rings is 1. The number of ether oxygens (including phenoxy) is 1. The number of hydrogen-bond donors (Lipinski definition) is 2. The molecule has 0 bridgehead atoms. The molecule has 1 heterocycles. The first-order chi connectivity index (χ1) is 12.7. The molecule has 26 heavy (non-hydrogen) atoms. The van der Waals surface area contributed by atoms with E-state index >= 15 is 0 Å². The molecule has 0 unspecified atom stereocenters. The third-order valence-corrected chi connectivity index (χ3v) is 4.58. The minimum Gasteiger partial charge on any atom is -0.381 e. The minimum absolute atomic E-state index is 0.00298. The number of nitrogens with zero attached hydrogens (tertiary/aromatic N) is 1. The fraction of sp³-hybridized carbons (Fsp3) is 0.600. The molecule has 1 aromatic rings. The van der Waals surface area contributed by atoms with Gasteiger partial charge in [0, 0.05) is 44.5 Å². The lowest BCUT2D eigenvalue weighted by Gasteiger charge is -2.31.